The molecule has 0 bridgehead atoms. The lowest BCUT2D eigenvalue weighted by Gasteiger charge is -2.10. The van der Waals surface area contributed by atoms with Crippen molar-refractivity contribution in [3.05, 3.63) is 64.1 Å². The van der Waals surface area contributed by atoms with Gasteiger partial charge in [0.1, 0.15) is 0 Å². The van der Waals surface area contributed by atoms with Crippen LogP contribution in [0.1, 0.15) is 18.1 Å². The van der Waals surface area contributed by atoms with Crippen LogP contribution in [0.25, 0.3) is 0 Å². The second-order valence-electron chi connectivity index (χ2n) is 3.99. The molecular weight excluding hydrogens is 274 g/mol. The molecule has 0 atom stereocenters. The Morgan fingerprint density at radius 3 is 2.41 bits per heavy atom. The number of rotatable bonds is 4. The highest BCUT2D eigenvalue weighted by Gasteiger charge is 1.99. The molecule has 17 heavy (non-hydrogen) atoms. The molecule has 2 aromatic carbocycles. The number of benzene rings is 2. The van der Waals surface area contributed by atoms with Crippen molar-refractivity contribution in [2.24, 2.45) is 0 Å². The van der Waals surface area contributed by atoms with Gasteiger partial charge in [-0.05, 0) is 35.7 Å². The third-order valence-electron chi connectivity index (χ3n) is 2.79. The van der Waals surface area contributed by atoms with Crippen molar-refractivity contribution in [3.63, 3.8) is 0 Å². The minimum atomic E-state index is 0.865. The van der Waals surface area contributed by atoms with Gasteiger partial charge in [-0.25, -0.2) is 0 Å². The maximum Gasteiger partial charge on any atom is 0.0400 e. The van der Waals surface area contributed by atoms with Crippen LogP contribution < -0.4 is 5.32 Å². The van der Waals surface area contributed by atoms with Crippen molar-refractivity contribution < 1.29 is 0 Å². The summed E-state index contributed by atoms with van der Waals surface area (Å²) in [6.45, 7) is 3.05. The molecule has 2 aromatic rings. The van der Waals surface area contributed by atoms with Crippen LogP contribution in [0.3, 0.4) is 0 Å². The van der Waals surface area contributed by atoms with Gasteiger partial charge in [0.2, 0.25) is 0 Å². The second-order valence-corrected chi connectivity index (χ2v) is 4.91. The number of nitrogens with one attached hydrogen (secondary N) is 1. The molecule has 2 rings (SSSR count). The molecule has 1 nitrogen and oxygen atoms in total. The summed E-state index contributed by atoms with van der Waals surface area (Å²) in [7, 11) is 0. The highest BCUT2D eigenvalue weighted by molar-refractivity contribution is 9.10. The quantitative estimate of drug-likeness (QED) is 0.866. The first-order valence-electron chi connectivity index (χ1n) is 5.86. The zero-order valence-electron chi connectivity index (χ0n) is 9.91. The molecule has 0 aromatic heterocycles. The van der Waals surface area contributed by atoms with Crippen LogP contribution in [-0.4, -0.2) is 0 Å². The van der Waals surface area contributed by atoms with Gasteiger partial charge in [-0.3, -0.25) is 0 Å². The summed E-state index contributed by atoms with van der Waals surface area (Å²) in [6.07, 6.45) is 1.06. The van der Waals surface area contributed by atoms with Crippen LogP contribution in [0.15, 0.2) is 53.0 Å². The Morgan fingerprint density at radius 1 is 1.00 bits per heavy atom. The number of halogens is 1. The summed E-state index contributed by atoms with van der Waals surface area (Å²) in [5, 5.41) is 3.48. The molecule has 0 aliphatic carbocycles. The van der Waals surface area contributed by atoms with E-state index in [9.17, 15) is 0 Å². The van der Waals surface area contributed by atoms with E-state index in [-0.39, 0.29) is 0 Å². The van der Waals surface area contributed by atoms with Gasteiger partial charge < -0.3 is 5.32 Å². The molecule has 0 spiro atoms. The van der Waals surface area contributed by atoms with Crippen molar-refractivity contribution in [2.75, 3.05) is 5.32 Å². The largest absolute Gasteiger partial charge is 0.381 e. The Bertz CT molecular complexity index is 477. The number of para-hydroxylation sites is 1. The first kappa shape index (κ1) is 12.2. The minimum absolute atomic E-state index is 0.865. The average molecular weight is 290 g/mol. The highest BCUT2D eigenvalue weighted by Crippen LogP contribution is 2.17. The first-order valence-corrected chi connectivity index (χ1v) is 6.65. The fraction of sp³-hybridized carbons (Fsp3) is 0.200. The molecule has 0 aliphatic heterocycles. The second kappa shape index (κ2) is 5.87. The van der Waals surface area contributed by atoms with Crippen LogP contribution >= 0.6 is 15.9 Å². The molecule has 0 amide bonds. The minimum Gasteiger partial charge on any atom is -0.381 e. The maximum absolute atomic E-state index is 3.48. The van der Waals surface area contributed by atoms with E-state index >= 15 is 0 Å². The number of anilines is 1. The lowest BCUT2D eigenvalue weighted by atomic mass is 10.1. The molecule has 0 fully saturated rings. The molecule has 88 valence electrons. The van der Waals surface area contributed by atoms with Gasteiger partial charge in [0.25, 0.3) is 0 Å². The summed E-state index contributed by atoms with van der Waals surface area (Å²) in [5.74, 6) is 0. The number of hydrogen-bond donors (Lipinski definition) is 1. The molecule has 0 unspecified atom stereocenters. The summed E-state index contributed by atoms with van der Waals surface area (Å²) in [6, 6.07) is 16.9. The average Bonchev–Trinajstić information content (AvgIpc) is 2.38. The zero-order valence-corrected chi connectivity index (χ0v) is 11.5. The van der Waals surface area contributed by atoms with Crippen molar-refractivity contribution in [1.29, 1.82) is 0 Å². The predicted molar refractivity (Wildman–Crippen MR) is 77.3 cm³/mol. The predicted octanol–water partition coefficient (Wildman–Crippen LogP) is 4.62. The van der Waals surface area contributed by atoms with E-state index in [0.29, 0.717) is 0 Å². The van der Waals surface area contributed by atoms with E-state index in [2.05, 4.69) is 76.7 Å². The third kappa shape index (κ3) is 3.34. The van der Waals surface area contributed by atoms with Gasteiger partial charge in [0, 0.05) is 16.7 Å². The van der Waals surface area contributed by atoms with Crippen molar-refractivity contribution in [3.8, 4) is 0 Å². The van der Waals surface area contributed by atoms with Gasteiger partial charge >= 0.3 is 0 Å². The van der Waals surface area contributed by atoms with E-state index in [1.807, 2.05) is 0 Å². The Hall–Kier alpha value is -1.28. The molecular formula is C15H16BrN. The van der Waals surface area contributed by atoms with E-state index in [0.717, 1.165) is 17.4 Å². The van der Waals surface area contributed by atoms with E-state index < -0.39 is 0 Å². The zero-order chi connectivity index (χ0) is 12.1. The fourth-order valence-electron chi connectivity index (χ4n) is 1.80. The monoisotopic (exact) mass is 289 g/mol. The van der Waals surface area contributed by atoms with Crippen LogP contribution in [0.4, 0.5) is 5.69 Å². The van der Waals surface area contributed by atoms with E-state index in [1.165, 1.54) is 16.8 Å². The lowest BCUT2D eigenvalue weighted by molar-refractivity contribution is 1.09. The fourth-order valence-corrected chi connectivity index (χ4v) is 2.06. The van der Waals surface area contributed by atoms with Gasteiger partial charge in [-0.2, -0.15) is 0 Å². The standard InChI is InChI=1S/C15H16BrN/c1-2-13-5-3-4-6-15(13)17-11-12-7-9-14(16)10-8-12/h3-10,17H,2,11H2,1H3. The summed E-state index contributed by atoms with van der Waals surface area (Å²) in [4.78, 5) is 0. The van der Waals surface area contributed by atoms with Crippen LogP contribution in [0, 0.1) is 0 Å². The molecule has 0 saturated heterocycles. The van der Waals surface area contributed by atoms with Gasteiger partial charge in [0.05, 0.1) is 0 Å². The van der Waals surface area contributed by atoms with E-state index in [1.54, 1.807) is 0 Å². The Labute approximate surface area is 111 Å². The van der Waals surface area contributed by atoms with Gasteiger partial charge in [-0.15, -0.1) is 0 Å². The molecule has 0 saturated carbocycles. The summed E-state index contributed by atoms with van der Waals surface area (Å²) < 4.78 is 1.12. The Morgan fingerprint density at radius 2 is 1.71 bits per heavy atom. The maximum atomic E-state index is 3.48. The summed E-state index contributed by atoms with van der Waals surface area (Å²) >= 11 is 3.44. The number of aryl methyl sites for hydroxylation is 1. The highest BCUT2D eigenvalue weighted by atomic mass is 79.9. The van der Waals surface area contributed by atoms with Crippen LogP contribution in [0.2, 0.25) is 0 Å². The van der Waals surface area contributed by atoms with E-state index in [4.69, 9.17) is 0 Å². The molecule has 0 aliphatic rings. The van der Waals surface area contributed by atoms with Gasteiger partial charge in [-0.1, -0.05) is 53.2 Å². The summed E-state index contributed by atoms with van der Waals surface area (Å²) in [5.41, 5.74) is 3.89. The SMILES string of the molecule is CCc1ccccc1NCc1ccc(Br)cc1. The van der Waals surface area contributed by atoms with Crippen LogP contribution in [0.5, 0.6) is 0 Å². The van der Waals surface area contributed by atoms with Crippen molar-refractivity contribution >= 4 is 21.6 Å². The smallest absolute Gasteiger partial charge is 0.0400 e. The number of hydrogen-bond acceptors (Lipinski definition) is 1. The lowest BCUT2D eigenvalue weighted by Crippen LogP contribution is -2.01. The normalized spacial score (nSPS) is 10.2. The molecule has 1 N–H and O–H groups in total. The third-order valence-corrected chi connectivity index (χ3v) is 3.32. The Balaban J connectivity index is 2.04. The molecule has 0 radical (unpaired) electrons. The molecule has 2 heteroatoms. The topological polar surface area (TPSA) is 12.0 Å². The van der Waals surface area contributed by atoms with Crippen LogP contribution in [-0.2, 0) is 13.0 Å². The van der Waals surface area contributed by atoms with Gasteiger partial charge in [0.15, 0.2) is 0 Å². The molecule has 0 heterocycles. The first-order chi connectivity index (χ1) is 8.29. The van der Waals surface area contributed by atoms with Crippen molar-refractivity contribution in [2.45, 2.75) is 19.9 Å². The van der Waals surface area contributed by atoms with Crippen molar-refractivity contribution in [1.82, 2.24) is 0 Å². The Kier molecular flexibility index (Phi) is 4.21.